The van der Waals surface area contributed by atoms with Gasteiger partial charge in [0.25, 0.3) is 5.56 Å². The Morgan fingerprint density at radius 2 is 2.22 bits per heavy atom. The van der Waals surface area contributed by atoms with Crippen molar-refractivity contribution in [2.75, 3.05) is 6.54 Å². The highest BCUT2D eigenvalue weighted by molar-refractivity contribution is 4.86. The van der Waals surface area contributed by atoms with Crippen LogP contribution >= 0.6 is 0 Å². The third kappa shape index (κ3) is 2.90. The normalized spacial score (nSPS) is 19.9. The molecule has 0 radical (unpaired) electrons. The van der Waals surface area contributed by atoms with E-state index in [-0.39, 0.29) is 11.2 Å². The van der Waals surface area contributed by atoms with Gasteiger partial charge in [0.2, 0.25) is 0 Å². The predicted molar refractivity (Wildman–Crippen MR) is 70.9 cm³/mol. The van der Waals surface area contributed by atoms with E-state index >= 15 is 0 Å². The summed E-state index contributed by atoms with van der Waals surface area (Å²) in [5.41, 5.74) is -0.388. The first-order valence-electron chi connectivity index (χ1n) is 6.76. The fraction of sp³-hybridized carbons (Fsp3) is 0.692. The lowest BCUT2D eigenvalue weighted by molar-refractivity contribution is 0.360. The fourth-order valence-electron chi connectivity index (χ4n) is 2.46. The summed E-state index contributed by atoms with van der Waals surface area (Å²) in [6.45, 7) is 4.06. The Bertz CT molecular complexity index is 498. The van der Waals surface area contributed by atoms with Gasteiger partial charge < -0.3 is 9.88 Å². The Hall–Kier alpha value is -1.36. The Labute approximate surface area is 106 Å². The molecule has 2 rings (SSSR count). The second kappa shape index (κ2) is 6.00. The topological polar surface area (TPSA) is 56.0 Å². The molecule has 0 bridgehead atoms. The van der Waals surface area contributed by atoms with Crippen molar-refractivity contribution in [3.8, 4) is 0 Å². The van der Waals surface area contributed by atoms with Gasteiger partial charge in [0.1, 0.15) is 0 Å². The Kier molecular flexibility index (Phi) is 4.36. The summed E-state index contributed by atoms with van der Waals surface area (Å²) >= 11 is 0. The number of hydrogen-bond donors (Lipinski definition) is 1. The summed E-state index contributed by atoms with van der Waals surface area (Å²) in [5.74, 6) is 0. The SMILES string of the molecule is CCn1ccc(=O)n(CCC2CCCCN2)c1=O. The van der Waals surface area contributed by atoms with E-state index in [4.69, 9.17) is 0 Å². The monoisotopic (exact) mass is 251 g/mol. The van der Waals surface area contributed by atoms with Gasteiger partial charge in [-0.05, 0) is 32.7 Å². The van der Waals surface area contributed by atoms with Crippen LogP contribution in [0.4, 0.5) is 0 Å². The zero-order valence-corrected chi connectivity index (χ0v) is 10.9. The smallest absolute Gasteiger partial charge is 0.314 e. The maximum atomic E-state index is 12.0. The van der Waals surface area contributed by atoms with Gasteiger partial charge in [0.15, 0.2) is 0 Å². The van der Waals surface area contributed by atoms with Gasteiger partial charge in [0.05, 0.1) is 0 Å². The fourth-order valence-corrected chi connectivity index (χ4v) is 2.46. The average Bonchev–Trinajstić information content (AvgIpc) is 2.40. The number of nitrogens with one attached hydrogen (secondary N) is 1. The van der Waals surface area contributed by atoms with Crippen LogP contribution in [0.3, 0.4) is 0 Å². The van der Waals surface area contributed by atoms with Gasteiger partial charge >= 0.3 is 5.69 Å². The Morgan fingerprint density at radius 1 is 1.39 bits per heavy atom. The minimum Gasteiger partial charge on any atom is -0.314 e. The number of piperidine rings is 1. The van der Waals surface area contributed by atoms with Crippen LogP contribution < -0.4 is 16.6 Å². The standard InChI is InChI=1S/C13H21N3O2/c1-2-15-9-7-12(17)16(13(15)18)10-6-11-5-3-4-8-14-11/h7,9,11,14H,2-6,8,10H2,1H3. The third-order valence-electron chi connectivity index (χ3n) is 3.59. The van der Waals surface area contributed by atoms with Crippen LogP contribution in [0, 0.1) is 0 Å². The molecule has 0 saturated carbocycles. The number of rotatable bonds is 4. The van der Waals surface area contributed by atoms with Crippen molar-refractivity contribution < 1.29 is 0 Å². The van der Waals surface area contributed by atoms with Gasteiger partial charge in [-0.3, -0.25) is 9.36 Å². The van der Waals surface area contributed by atoms with Crippen molar-refractivity contribution in [1.29, 1.82) is 0 Å². The minimum absolute atomic E-state index is 0.194. The molecule has 0 amide bonds. The minimum atomic E-state index is -0.194. The molecule has 100 valence electrons. The van der Waals surface area contributed by atoms with Crippen molar-refractivity contribution >= 4 is 0 Å². The largest absolute Gasteiger partial charge is 0.330 e. The molecule has 0 aromatic carbocycles. The van der Waals surface area contributed by atoms with E-state index in [1.807, 2.05) is 6.92 Å². The first-order valence-corrected chi connectivity index (χ1v) is 6.76. The molecule has 18 heavy (non-hydrogen) atoms. The molecule has 1 aromatic rings. The molecular weight excluding hydrogens is 230 g/mol. The molecule has 1 aliphatic heterocycles. The first kappa shape index (κ1) is 13.1. The summed E-state index contributed by atoms with van der Waals surface area (Å²) in [5, 5.41) is 3.43. The highest BCUT2D eigenvalue weighted by Crippen LogP contribution is 2.10. The summed E-state index contributed by atoms with van der Waals surface area (Å²) in [7, 11) is 0. The van der Waals surface area contributed by atoms with Crippen LogP contribution in [0.2, 0.25) is 0 Å². The Balaban J connectivity index is 2.08. The van der Waals surface area contributed by atoms with Gasteiger partial charge in [-0.25, -0.2) is 4.79 Å². The second-order valence-electron chi connectivity index (χ2n) is 4.81. The lowest BCUT2D eigenvalue weighted by atomic mass is 10.0. The molecule has 1 unspecified atom stereocenters. The third-order valence-corrected chi connectivity index (χ3v) is 3.59. The predicted octanol–water partition coefficient (Wildman–Crippen LogP) is 0.562. The van der Waals surface area contributed by atoms with Crippen molar-refractivity contribution in [3.05, 3.63) is 33.1 Å². The first-order chi connectivity index (χ1) is 8.72. The van der Waals surface area contributed by atoms with Gasteiger partial charge in [-0.1, -0.05) is 6.42 Å². The summed E-state index contributed by atoms with van der Waals surface area (Å²) in [4.78, 5) is 23.7. The lowest BCUT2D eigenvalue weighted by Gasteiger charge is -2.23. The van der Waals surface area contributed by atoms with E-state index in [9.17, 15) is 9.59 Å². The van der Waals surface area contributed by atoms with Crippen LogP contribution in [-0.4, -0.2) is 21.7 Å². The molecule has 2 heterocycles. The van der Waals surface area contributed by atoms with Crippen LogP contribution in [0.1, 0.15) is 32.6 Å². The second-order valence-corrected chi connectivity index (χ2v) is 4.81. The van der Waals surface area contributed by atoms with Crippen LogP contribution in [0.15, 0.2) is 21.9 Å². The van der Waals surface area contributed by atoms with Crippen LogP contribution in [0.5, 0.6) is 0 Å². The van der Waals surface area contributed by atoms with Crippen molar-refractivity contribution in [2.24, 2.45) is 0 Å². The van der Waals surface area contributed by atoms with E-state index in [0.717, 1.165) is 19.4 Å². The van der Waals surface area contributed by atoms with Crippen molar-refractivity contribution in [1.82, 2.24) is 14.5 Å². The highest BCUT2D eigenvalue weighted by atomic mass is 16.2. The van der Waals surface area contributed by atoms with E-state index in [2.05, 4.69) is 5.32 Å². The molecule has 1 aromatic heterocycles. The molecular formula is C13H21N3O2. The number of nitrogens with zero attached hydrogens (tertiary/aromatic N) is 2. The summed E-state index contributed by atoms with van der Waals surface area (Å²) < 4.78 is 2.91. The summed E-state index contributed by atoms with van der Waals surface area (Å²) in [6.07, 6.45) is 6.03. The molecule has 0 aliphatic carbocycles. The van der Waals surface area contributed by atoms with E-state index in [1.54, 1.807) is 10.8 Å². The van der Waals surface area contributed by atoms with E-state index < -0.39 is 0 Å². The van der Waals surface area contributed by atoms with Gasteiger partial charge in [-0.15, -0.1) is 0 Å². The molecule has 1 aliphatic rings. The van der Waals surface area contributed by atoms with E-state index in [1.165, 1.54) is 23.5 Å². The zero-order valence-electron chi connectivity index (χ0n) is 10.9. The molecule has 0 spiro atoms. The highest BCUT2D eigenvalue weighted by Gasteiger charge is 2.13. The van der Waals surface area contributed by atoms with Crippen LogP contribution in [0.25, 0.3) is 0 Å². The molecule has 1 atom stereocenters. The lowest BCUT2D eigenvalue weighted by Crippen LogP contribution is -2.41. The number of aromatic nitrogens is 2. The molecule has 1 fully saturated rings. The molecule has 5 nitrogen and oxygen atoms in total. The molecule has 1 N–H and O–H groups in total. The number of aryl methyl sites for hydroxylation is 1. The maximum absolute atomic E-state index is 12.0. The average molecular weight is 251 g/mol. The van der Waals surface area contributed by atoms with Crippen molar-refractivity contribution in [2.45, 2.75) is 51.7 Å². The summed E-state index contributed by atoms with van der Waals surface area (Å²) in [6, 6.07) is 1.92. The number of hydrogen-bond acceptors (Lipinski definition) is 3. The van der Waals surface area contributed by atoms with Crippen LogP contribution in [-0.2, 0) is 13.1 Å². The quantitative estimate of drug-likeness (QED) is 0.851. The van der Waals surface area contributed by atoms with Gasteiger partial charge in [-0.2, -0.15) is 0 Å². The molecule has 5 heteroatoms. The van der Waals surface area contributed by atoms with Gasteiger partial charge in [0, 0.05) is 31.4 Å². The molecule has 1 saturated heterocycles. The Morgan fingerprint density at radius 3 is 2.89 bits per heavy atom. The maximum Gasteiger partial charge on any atom is 0.330 e. The van der Waals surface area contributed by atoms with E-state index in [0.29, 0.717) is 19.1 Å². The van der Waals surface area contributed by atoms with Crippen molar-refractivity contribution in [3.63, 3.8) is 0 Å². The zero-order chi connectivity index (χ0) is 13.0.